The van der Waals surface area contributed by atoms with Crippen LogP contribution in [0.1, 0.15) is 46.5 Å². The molecule has 0 aliphatic heterocycles. The highest BCUT2D eigenvalue weighted by Crippen LogP contribution is 2.51. The highest BCUT2D eigenvalue weighted by atomic mass is 31.2. The maximum atomic E-state index is 12.2. The first kappa shape index (κ1) is 20.5. The highest BCUT2D eigenvalue weighted by molar-refractivity contribution is 7.53. The van der Waals surface area contributed by atoms with Crippen LogP contribution in [-0.4, -0.2) is 48.6 Å². The molecule has 1 fully saturated rings. The van der Waals surface area contributed by atoms with Crippen LogP contribution in [0, 0.1) is 5.92 Å². The summed E-state index contributed by atoms with van der Waals surface area (Å²) in [6.07, 6.45) is 4.18. The fourth-order valence-electron chi connectivity index (χ4n) is 2.84. The maximum Gasteiger partial charge on any atom is 0.330 e. The summed E-state index contributed by atoms with van der Waals surface area (Å²) in [4.78, 5) is 10.2. The first-order valence-corrected chi connectivity index (χ1v) is 10.9. The van der Waals surface area contributed by atoms with Gasteiger partial charge >= 0.3 is 7.60 Å². The third-order valence-corrected chi connectivity index (χ3v) is 7.96. The van der Waals surface area contributed by atoms with Crippen molar-refractivity contribution in [2.75, 3.05) is 26.9 Å². The Balaban J connectivity index is 2.41. The largest absolute Gasteiger partial charge is 0.338 e. The van der Waals surface area contributed by atoms with E-state index >= 15 is 0 Å². The zero-order chi connectivity index (χ0) is 16.8. The van der Waals surface area contributed by atoms with Crippen molar-refractivity contribution < 1.29 is 23.0 Å². The van der Waals surface area contributed by atoms with Crippen LogP contribution in [0.5, 0.6) is 0 Å². The van der Waals surface area contributed by atoms with Crippen molar-refractivity contribution in [2.45, 2.75) is 58.6 Å². The second kappa shape index (κ2) is 9.68. The topological polar surface area (TPSA) is 68.2 Å². The first-order valence-electron chi connectivity index (χ1n) is 7.98. The molecular weight excluding hydrogens is 324 g/mol. The number of hydrogen-bond acceptors (Lipinski definition) is 6. The van der Waals surface area contributed by atoms with Gasteiger partial charge in [-0.2, -0.15) is 0 Å². The van der Waals surface area contributed by atoms with Crippen molar-refractivity contribution in [3.63, 3.8) is 0 Å². The van der Waals surface area contributed by atoms with Gasteiger partial charge in [0.1, 0.15) is 0 Å². The maximum absolute atomic E-state index is 12.2. The van der Waals surface area contributed by atoms with E-state index in [4.69, 9.17) is 13.6 Å². The van der Waals surface area contributed by atoms with Crippen molar-refractivity contribution in [3.05, 3.63) is 0 Å². The van der Waals surface area contributed by atoms with Crippen molar-refractivity contribution in [1.29, 1.82) is 0 Å². The minimum Gasteiger partial charge on any atom is -0.338 e. The average Bonchev–Trinajstić information content (AvgIpc) is 2.49. The molecule has 0 spiro atoms. The number of rotatable bonds is 9. The Labute approximate surface area is 136 Å². The van der Waals surface area contributed by atoms with Crippen molar-refractivity contribution >= 4 is 16.1 Å². The molecule has 1 aliphatic rings. The van der Waals surface area contributed by atoms with Crippen LogP contribution in [-0.2, 0) is 18.1 Å². The van der Waals surface area contributed by atoms with Crippen LogP contribution < -0.4 is 0 Å². The number of hydrogen-bond donors (Lipinski definition) is 1. The molecule has 1 unspecified atom stereocenters. The van der Waals surface area contributed by atoms with Gasteiger partial charge in [-0.25, -0.2) is 4.67 Å². The molecule has 0 aromatic carbocycles. The second-order valence-electron chi connectivity index (χ2n) is 6.01. The second-order valence-corrected chi connectivity index (χ2v) is 9.56. The quantitative estimate of drug-likeness (QED) is 0.631. The summed E-state index contributed by atoms with van der Waals surface area (Å²) in [7, 11) is -1.58. The molecule has 0 aromatic heterocycles. The van der Waals surface area contributed by atoms with Crippen LogP contribution in [0.3, 0.4) is 0 Å². The molecule has 132 valence electrons. The Bertz CT molecular complexity index is 353. The van der Waals surface area contributed by atoms with E-state index in [1.54, 1.807) is 0 Å². The summed E-state index contributed by atoms with van der Waals surface area (Å²) in [5.41, 5.74) is 0. The lowest BCUT2D eigenvalue weighted by Crippen LogP contribution is -2.29. The van der Waals surface area contributed by atoms with Gasteiger partial charge in [0.15, 0.2) is 0 Å². The zero-order valence-corrected chi connectivity index (χ0v) is 16.2. The fourth-order valence-corrected chi connectivity index (χ4v) is 5.52. The molecule has 0 bridgehead atoms. The van der Waals surface area contributed by atoms with Crippen LogP contribution >= 0.6 is 16.1 Å². The predicted molar refractivity (Wildman–Crippen MR) is 90.0 cm³/mol. The molecule has 1 N–H and O–H groups in total. The minimum atomic E-state index is -2.92. The lowest BCUT2D eigenvalue weighted by molar-refractivity contribution is 0.116. The van der Waals surface area contributed by atoms with Crippen molar-refractivity contribution in [1.82, 2.24) is 4.67 Å². The Morgan fingerprint density at radius 2 is 1.77 bits per heavy atom. The summed E-state index contributed by atoms with van der Waals surface area (Å²) >= 11 is 0. The Hall–Kier alpha value is 0.460. The van der Waals surface area contributed by atoms with Crippen molar-refractivity contribution in [2.24, 2.45) is 5.92 Å². The Morgan fingerprint density at radius 1 is 1.23 bits per heavy atom. The summed E-state index contributed by atoms with van der Waals surface area (Å²) in [6, 6.07) is 0.270. The van der Waals surface area contributed by atoms with Crippen LogP contribution in [0.25, 0.3) is 0 Å². The lowest BCUT2D eigenvalue weighted by Gasteiger charge is -2.34. The van der Waals surface area contributed by atoms with Gasteiger partial charge in [0.05, 0.1) is 12.3 Å². The van der Waals surface area contributed by atoms with E-state index in [1.165, 1.54) is 14.2 Å². The summed E-state index contributed by atoms with van der Waals surface area (Å²) in [5.74, 6) is 0.336. The molecule has 6 nitrogen and oxygen atoms in total. The number of nitrogens with zero attached hydrogens (tertiary/aromatic N) is 1. The first-order chi connectivity index (χ1) is 10.3. The summed E-state index contributed by atoms with van der Waals surface area (Å²) < 4.78 is 30.0. The molecule has 0 aromatic rings. The van der Waals surface area contributed by atoms with Gasteiger partial charge in [-0.05, 0) is 45.4 Å². The SMILES string of the molecule is CCN(C(C)C)P(O)OC1CCC(CP(=O)(OC)OC)CC1. The van der Waals surface area contributed by atoms with E-state index in [0.717, 1.165) is 32.2 Å². The molecule has 1 rings (SSSR count). The third kappa shape index (κ3) is 6.16. The Kier molecular flexibility index (Phi) is 9.02. The van der Waals surface area contributed by atoms with Gasteiger partial charge in [-0.3, -0.25) is 4.57 Å². The Morgan fingerprint density at radius 3 is 2.18 bits per heavy atom. The lowest BCUT2D eigenvalue weighted by atomic mass is 9.89. The predicted octanol–water partition coefficient (Wildman–Crippen LogP) is 4.00. The van der Waals surface area contributed by atoms with E-state index in [-0.39, 0.29) is 12.1 Å². The molecule has 1 atom stereocenters. The van der Waals surface area contributed by atoms with Gasteiger partial charge in [-0.15, -0.1) is 0 Å². The molecule has 0 radical (unpaired) electrons. The summed E-state index contributed by atoms with van der Waals surface area (Å²) in [5, 5.41) is 0. The van der Waals surface area contributed by atoms with Gasteiger partial charge in [0.2, 0.25) is 0 Å². The summed E-state index contributed by atoms with van der Waals surface area (Å²) in [6.45, 7) is 6.92. The van der Waals surface area contributed by atoms with Crippen LogP contribution in [0.4, 0.5) is 0 Å². The zero-order valence-electron chi connectivity index (χ0n) is 14.4. The standard InChI is InChI=1S/C14H31NO5P2/c1-6-15(12(2)3)21(16)20-14-9-7-13(8-10-14)11-22(17,18-4)19-5/h12-14,16H,6-11H2,1-5H3. The van der Waals surface area contributed by atoms with E-state index in [9.17, 15) is 9.46 Å². The minimum absolute atomic E-state index is 0.0876. The van der Waals surface area contributed by atoms with Gasteiger partial charge in [-0.1, -0.05) is 6.92 Å². The van der Waals surface area contributed by atoms with E-state index in [1.807, 2.05) is 11.6 Å². The molecule has 0 heterocycles. The molecule has 0 saturated heterocycles. The van der Waals surface area contributed by atoms with Gasteiger partial charge in [0.25, 0.3) is 8.53 Å². The van der Waals surface area contributed by atoms with Crippen LogP contribution in [0.15, 0.2) is 0 Å². The molecule has 8 heteroatoms. The monoisotopic (exact) mass is 355 g/mol. The molecular formula is C14H31NO5P2. The van der Waals surface area contributed by atoms with E-state index in [0.29, 0.717) is 12.1 Å². The molecule has 1 saturated carbocycles. The van der Waals surface area contributed by atoms with Gasteiger partial charge in [0, 0.05) is 26.8 Å². The highest BCUT2D eigenvalue weighted by Gasteiger charge is 2.32. The smallest absolute Gasteiger partial charge is 0.330 e. The molecule has 0 amide bonds. The molecule has 1 aliphatic carbocycles. The fraction of sp³-hybridized carbons (Fsp3) is 1.00. The normalized spacial score (nSPS) is 24.9. The van der Waals surface area contributed by atoms with Gasteiger partial charge < -0.3 is 18.5 Å². The molecule has 22 heavy (non-hydrogen) atoms. The van der Waals surface area contributed by atoms with Crippen molar-refractivity contribution in [3.8, 4) is 0 Å². The third-order valence-electron chi connectivity index (χ3n) is 4.22. The van der Waals surface area contributed by atoms with E-state index in [2.05, 4.69) is 13.8 Å². The average molecular weight is 355 g/mol. The van der Waals surface area contributed by atoms with Crippen LogP contribution in [0.2, 0.25) is 0 Å². The van der Waals surface area contributed by atoms with E-state index < -0.39 is 16.1 Å².